The van der Waals surface area contributed by atoms with Gasteiger partial charge in [0.15, 0.2) is 0 Å². The van der Waals surface area contributed by atoms with E-state index in [0.29, 0.717) is 24.5 Å². The Morgan fingerprint density at radius 3 is 2.65 bits per heavy atom. The van der Waals surface area contributed by atoms with Crippen LogP contribution in [0.3, 0.4) is 0 Å². The monoisotopic (exact) mass is 299 g/mol. The largest absolute Gasteiger partial charge is 0.352 e. The highest BCUT2D eigenvalue weighted by Gasteiger charge is 2.37. The van der Waals surface area contributed by atoms with Crippen molar-refractivity contribution in [3.63, 3.8) is 0 Å². The minimum Gasteiger partial charge on any atom is -0.352 e. The summed E-state index contributed by atoms with van der Waals surface area (Å²) in [6.07, 6.45) is 2.64. The van der Waals surface area contributed by atoms with Crippen LogP contribution in [0.4, 0.5) is 0 Å². The third kappa shape index (κ3) is 3.07. The molecule has 0 bridgehead atoms. The number of aryl methyl sites for hydroxylation is 1. The van der Waals surface area contributed by atoms with E-state index in [0.717, 1.165) is 18.7 Å². The van der Waals surface area contributed by atoms with E-state index in [1.54, 1.807) is 16.6 Å². The summed E-state index contributed by atoms with van der Waals surface area (Å²) in [6, 6.07) is 1.78. The van der Waals surface area contributed by atoms with Gasteiger partial charge in [0.25, 0.3) is 0 Å². The summed E-state index contributed by atoms with van der Waals surface area (Å²) in [4.78, 5) is 0.408. The Balaban J connectivity index is 2.22. The van der Waals surface area contributed by atoms with Gasteiger partial charge >= 0.3 is 0 Å². The van der Waals surface area contributed by atoms with Gasteiger partial charge in [-0.25, -0.2) is 8.42 Å². The molecule has 0 saturated carbocycles. The molecule has 20 heavy (non-hydrogen) atoms. The molecule has 1 saturated heterocycles. The molecule has 6 heteroatoms. The summed E-state index contributed by atoms with van der Waals surface area (Å²) in [5.74, 6) is 0. The SMILES string of the molecule is CCNCc1cc(S(=O)(=O)N2CCC(C)(C)C2)cn1C. The van der Waals surface area contributed by atoms with Crippen LogP contribution in [0.15, 0.2) is 17.2 Å². The van der Waals surface area contributed by atoms with Crippen molar-refractivity contribution in [3.8, 4) is 0 Å². The van der Waals surface area contributed by atoms with E-state index in [1.165, 1.54) is 0 Å². The molecule has 0 unspecified atom stereocenters. The standard InChI is InChI=1S/C14H25N3O2S/c1-5-15-9-12-8-13(10-16(12)4)20(18,19)17-7-6-14(2,3)11-17/h8,10,15H,5-7,9,11H2,1-4H3. The predicted octanol–water partition coefficient (Wildman–Crippen LogP) is 1.56. The Morgan fingerprint density at radius 2 is 2.10 bits per heavy atom. The molecule has 0 aliphatic carbocycles. The lowest BCUT2D eigenvalue weighted by molar-refractivity contribution is 0.375. The highest BCUT2D eigenvalue weighted by atomic mass is 32.2. The van der Waals surface area contributed by atoms with Gasteiger partial charge in [0.1, 0.15) is 4.90 Å². The zero-order chi connectivity index (χ0) is 15.0. The number of hydrogen-bond acceptors (Lipinski definition) is 3. The highest BCUT2D eigenvalue weighted by molar-refractivity contribution is 7.89. The zero-order valence-electron chi connectivity index (χ0n) is 12.8. The van der Waals surface area contributed by atoms with E-state index in [1.807, 2.05) is 18.5 Å². The van der Waals surface area contributed by atoms with Crippen LogP contribution >= 0.6 is 0 Å². The molecular formula is C14H25N3O2S. The first-order valence-electron chi connectivity index (χ1n) is 7.12. The fourth-order valence-corrected chi connectivity index (χ4v) is 4.29. The third-order valence-electron chi connectivity index (χ3n) is 3.92. The summed E-state index contributed by atoms with van der Waals surface area (Å²) in [7, 11) is -1.46. The number of nitrogens with zero attached hydrogens (tertiary/aromatic N) is 2. The van der Waals surface area contributed by atoms with Gasteiger partial charge in [-0.05, 0) is 24.4 Å². The molecule has 1 aliphatic rings. The van der Waals surface area contributed by atoms with E-state index in [4.69, 9.17) is 0 Å². The zero-order valence-corrected chi connectivity index (χ0v) is 13.6. The molecule has 2 heterocycles. The highest BCUT2D eigenvalue weighted by Crippen LogP contribution is 2.33. The van der Waals surface area contributed by atoms with Crippen LogP contribution in [0, 0.1) is 5.41 Å². The lowest BCUT2D eigenvalue weighted by atomic mass is 9.93. The second-order valence-corrected chi connectivity index (χ2v) is 8.25. The van der Waals surface area contributed by atoms with Crippen molar-refractivity contribution >= 4 is 10.0 Å². The molecule has 0 aromatic carbocycles. The molecule has 1 aromatic heterocycles. The Hall–Kier alpha value is -0.850. The van der Waals surface area contributed by atoms with Gasteiger partial charge in [-0.2, -0.15) is 4.31 Å². The molecule has 0 radical (unpaired) electrons. The third-order valence-corrected chi connectivity index (χ3v) is 5.73. The van der Waals surface area contributed by atoms with Gasteiger partial charge in [0, 0.05) is 38.6 Å². The van der Waals surface area contributed by atoms with Gasteiger partial charge in [0.05, 0.1) is 0 Å². The van der Waals surface area contributed by atoms with Gasteiger partial charge in [-0.3, -0.25) is 0 Å². The second-order valence-electron chi connectivity index (χ2n) is 6.31. The molecule has 1 fully saturated rings. The van der Waals surface area contributed by atoms with E-state index in [-0.39, 0.29) is 5.41 Å². The average molecular weight is 299 g/mol. The van der Waals surface area contributed by atoms with Crippen molar-refractivity contribution in [1.82, 2.24) is 14.2 Å². The second kappa shape index (κ2) is 5.50. The number of sulfonamides is 1. The smallest absolute Gasteiger partial charge is 0.244 e. The molecule has 1 aromatic rings. The van der Waals surface area contributed by atoms with Crippen LogP contribution in [0.1, 0.15) is 32.9 Å². The van der Waals surface area contributed by atoms with Crippen molar-refractivity contribution in [2.24, 2.45) is 12.5 Å². The van der Waals surface area contributed by atoms with Crippen molar-refractivity contribution in [1.29, 1.82) is 0 Å². The molecular weight excluding hydrogens is 274 g/mol. The van der Waals surface area contributed by atoms with Gasteiger partial charge in [0.2, 0.25) is 10.0 Å². The van der Waals surface area contributed by atoms with Crippen LogP contribution in [0.2, 0.25) is 0 Å². The Morgan fingerprint density at radius 1 is 1.40 bits per heavy atom. The summed E-state index contributed by atoms with van der Waals surface area (Å²) in [6.45, 7) is 9.04. The Bertz CT molecular complexity index is 575. The van der Waals surface area contributed by atoms with E-state index in [2.05, 4.69) is 19.2 Å². The molecule has 1 N–H and O–H groups in total. The first-order valence-corrected chi connectivity index (χ1v) is 8.56. The number of hydrogen-bond donors (Lipinski definition) is 1. The average Bonchev–Trinajstić information content (AvgIpc) is 2.90. The lowest BCUT2D eigenvalue weighted by Gasteiger charge is -2.19. The van der Waals surface area contributed by atoms with Crippen LogP contribution in [0.25, 0.3) is 0 Å². The van der Waals surface area contributed by atoms with Crippen LogP contribution in [-0.2, 0) is 23.6 Å². The summed E-state index contributed by atoms with van der Waals surface area (Å²) < 4.78 is 28.8. The maximum atomic E-state index is 12.7. The molecule has 5 nitrogen and oxygen atoms in total. The van der Waals surface area contributed by atoms with Gasteiger partial charge in [-0.15, -0.1) is 0 Å². The van der Waals surface area contributed by atoms with E-state index in [9.17, 15) is 8.42 Å². The summed E-state index contributed by atoms with van der Waals surface area (Å²) in [5, 5.41) is 3.22. The number of aromatic nitrogens is 1. The molecule has 0 amide bonds. The number of rotatable bonds is 5. The predicted molar refractivity (Wildman–Crippen MR) is 80.0 cm³/mol. The molecule has 114 valence electrons. The van der Waals surface area contributed by atoms with Gasteiger partial charge < -0.3 is 9.88 Å². The fraction of sp³-hybridized carbons (Fsp3) is 0.714. The van der Waals surface area contributed by atoms with Crippen molar-refractivity contribution in [2.45, 2.75) is 38.6 Å². The first kappa shape index (κ1) is 15.5. The lowest BCUT2D eigenvalue weighted by Crippen LogP contribution is -2.30. The maximum Gasteiger partial charge on any atom is 0.244 e. The molecule has 0 atom stereocenters. The quantitative estimate of drug-likeness (QED) is 0.897. The Labute approximate surface area is 122 Å². The minimum absolute atomic E-state index is 0.0778. The Kier molecular flexibility index (Phi) is 4.27. The van der Waals surface area contributed by atoms with Crippen LogP contribution < -0.4 is 5.32 Å². The van der Waals surface area contributed by atoms with E-state index < -0.39 is 10.0 Å². The van der Waals surface area contributed by atoms with Gasteiger partial charge in [-0.1, -0.05) is 20.8 Å². The summed E-state index contributed by atoms with van der Waals surface area (Å²) in [5.41, 5.74) is 1.07. The molecule has 1 aliphatic heterocycles. The van der Waals surface area contributed by atoms with Crippen LogP contribution in [-0.4, -0.2) is 36.9 Å². The fourth-order valence-electron chi connectivity index (χ4n) is 2.56. The molecule has 0 spiro atoms. The maximum absolute atomic E-state index is 12.7. The van der Waals surface area contributed by atoms with Crippen molar-refractivity contribution < 1.29 is 8.42 Å². The van der Waals surface area contributed by atoms with Crippen molar-refractivity contribution in [3.05, 3.63) is 18.0 Å². The summed E-state index contributed by atoms with van der Waals surface area (Å²) >= 11 is 0. The van der Waals surface area contributed by atoms with Crippen LogP contribution in [0.5, 0.6) is 0 Å². The van der Waals surface area contributed by atoms with E-state index >= 15 is 0 Å². The van der Waals surface area contributed by atoms with Crippen molar-refractivity contribution in [2.75, 3.05) is 19.6 Å². The molecule has 2 rings (SSSR count). The topological polar surface area (TPSA) is 54.3 Å². The number of nitrogens with one attached hydrogen (secondary N) is 1. The normalized spacial score (nSPS) is 19.6. The minimum atomic E-state index is -3.35. The first-order chi connectivity index (χ1) is 9.26.